The Bertz CT molecular complexity index is 816. The van der Waals surface area contributed by atoms with Crippen LogP contribution in [0.25, 0.3) is 10.9 Å². The minimum absolute atomic E-state index is 0.255. The van der Waals surface area contributed by atoms with E-state index < -0.39 is 0 Å². The van der Waals surface area contributed by atoms with Crippen molar-refractivity contribution in [3.8, 4) is 0 Å². The quantitative estimate of drug-likeness (QED) is 0.762. The van der Waals surface area contributed by atoms with E-state index in [4.69, 9.17) is 11.6 Å². The average Bonchev–Trinajstić information content (AvgIpc) is 2.94. The van der Waals surface area contributed by atoms with E-state index >= 15 is 0 Å². The number of halogens is 1. The van der Waals surface area contributed by atoms with Crippen LogP contribution in [0.1, 0.15) is 23.7 Å². The van der Waals surface area contributed by atoms with E-state index in [1.807, 2.05) is 36.5 Å². The minimum atomic E-state index is 0.255. The first kappa shape index (κ1) is 12.6. The fraction of sp³-hybridized carbons (Fsp3) is 0.176. The van der Waals surface area contributed by atoms with Crippen molar-refractivity contribution in [3.63, 3.8) is 0 Å². The molecule has 0 fully saturated rings. The molecule has 0 radical (unpaired) electrons. The van der Waals surface area contributed by atoms with Crippen molar-refractivity contribution >= 4 is 28.2 Å². The fourth-order valence-corrected chi connectivity index (χ4v) is 3.22. The lowest BCUT2D eigenvalue weighted by Gasteiger charge is -2.16. The molecule has 0 bridgehead atoms. The predicted octanol–water partition coefficient (Wildman–Crippen LogP) is 4.38. The normalized spacial score (nSPS) is 16.9. The fourth-order valence-electron chi connectivity index (χ4n) is 3.00. The van der Waals surface area contributed by atoms with Crippen molar-refractivity contribution in [1.29, 1.82) is 0 Å². The molecule has 0 spiro atoms. The van der Waals surface area contributed by atoms with Crippen molar-refractivity contribution < 1.29 is 0 Å². The number of fused-ring (bicyclic) bond motifs is 2. The maximum atomic E-state index is 6.22. The number of anilines is 1. The molecule has 1 aromatic carbocycles. The predicted molar refractivity (Wildman–Crippen MR) is 85.7 cm³/mol. The van der Waals surface area contributed by atoms with Crippen LogP contribution in [0.15, 0.2) is 48.8 Å². The zero-order valence-electron chi connectivity index (χ0n) is 11.4. The summed E-state index contributed by atoms with van der Waals surface area (Å²) in [5.74, 6) is 0. The molecule has 1 unspecified atom stereocenters. The number of nitrogens with zero attached hydrogens (tertiary/aromatic N) is 2. The number of hydrogen-bond donors (Lipinski definition) is 1. The summed E-state index contributed by atoms with van der Waals surface area (Å²) in [7, 11) is 0. The van der Waals surface area contributed by atoms with E-state index in [0.29, 0.717) is 5.02 Å². The first-order chi connectivity index (χ1) is 10.3. The van der Waals surface area contributed by atoms with Gasteiger partial charge in [-0.3, -0.25) is 9.97 Å². The largest absolute Gasteiger partial charge is 0.376 e. The second-order valence-electron chi connectivity index (χ2n) is 5.28. The van der Waals surface area contributed by atoms with Gasteiger partial charge in [-0.05, 0) is 48.7 Å². The monoisotopic (exact) mass is 295 g/mol. The molecule has 3 nitrogen and oxygen atoms in total. The Labute approximate surface area is 128 Å². The van der Waals surface area contributed by atoms with Gasteiger partial charge in [0.2, 0.25) is 0 Å². The molecule has 4 heteroatoms. The van der Waals surface area contributed by atoms with Crippen LogP contribution in [0.3, 0.4) is 0 Å². The molecule has 0 saturated carbocycles. The van der Waals surface area contributed by atoms with Crippen LogP contribution in [-0.4, -0.2) is 9.97 Å². The topological polar surface area (TPSA) is 37.8 Å². The van der Waals surface area contributed by atoms with Gasteiger partial charge in [0.05, 0.1) is 22.3 Å². The van der Waals surface area contributed by atoms with Crippen LogP contribution in [0.5, 0.6) is 0 Å². The van der Waals surface area contributed by atoms with Gasteiger partial charge in [-0.25, -0.2) is 0 Å². The van der Waals surface area contributed by atoms with Crippen molar-refractivity contribution in [2.24, 2.45) is 0 Å². The molecular weight excluding hydrogens is 282 g/mol. The van der Waals surface area contributed by atoms with Crippen molar-refractivity contribution in [2.45, 2.75) is 18.9 Å². The third-order valence-corrected chi connectivity index (χ3v) is 4.31. The zero-order chi connectivity index (χ0) is 14.2. The number of pyridine rings is 2. The van der Waals surface area contributed by atoms with E-state index in [0.717, 1.165) is 35.1 Å². The Morgan fingerprint density at radius 1 is 1.05 bits per heavy atom. The summed E-state index contributed by atoms with van der Waals surface area (Å²) in [5.41, 5.74) is 4.39. The molecule has 2 heterocycles. The molecule has 3 aromatic rings. The summed E-state index contributed by atoms with van der Waals surface area (Å²) < 4.78 is 0. The second kappa shape index (κ2) is 5.01. The van der Waals surface area contributed by atoms with Crippen molar-refractivity contribution in [1.82, 2.24) is 9.97 Å². The van der Waals surface area contributed by atoms with Gasteiger partial charge in [0.1, 0.15) is 0 Å². The van der Waals surface area contributed by atoms with Crippen molar-refractivity contribution in [3.05, 3.63) is 65.1 Å². The van der Waals surface area contributed by atoms with E-state index in [-0.39, 0.29) is 6.04 Å². The van der Waals surface area contributed by atoms with Gasteiger partial charge in [0, 0.05) is 23.5 Å². The first-order valence-corrected chi connectivity index (χ1v) is 7.44. The van der Waals surface area contributed by atoms with Crippen LogP contribution in [-0.2, 0) is 6.42 Å². The maximum absolute atomic E-state index is 6.22. The average molecular weight is 296 g/mol. The molecule has 0 aliphatic heterocycles. The highest BCUT2D eigenvalue weighted by molar-refractivity contribution is 6.35. The Balaban J connectivity index is 1.75. The van der Waals surface area contributed by atoms with Crippen LogP contribution >= 0.6 is 11.6 Å². The molecule has 1 aliphatic rings. The van der Waals surface area contributed by atoms with Crippen molar-refractivity contribution in [2.75, 3.05) is 5.32 Å². The molecule has 21 heavy (non-hydrogen) atoms. The SMILES string of the molecule is Clc1ccc(NC2CCc3cccnc32)c2cccnc12. The highest BCUT2D eigenvalue weighted by Crippen LogP contribution is 2.35. The van der Waals surface area contributed by atoms with Crippen LogP contribution in [0.2, 0.25) is 5.02 Å². The highest BCUT2D eigenvalue weighted by Gasteiger charge is 2.23. The number of hydrogen-bond acceptors (Lipinski definition) is 3. The van der Waals surface area contributed by atoms with E-state index in [1.54, 1.807) is 6.20 Å². The van der Waals surface area contributed by atoms with E-state index in [9.17, 15) is 0 Å². The van der Waals surface area contributed by atoms with E-state index in [1.165, 1.54) is 5.56 Å². The Morgan fingerprint density at radius 3 is 2.86 bits per heavy atom. The zero-order valence-corrected chi connectivity index (χ0v) is 12.1. The third-order valence-electron chi connectivity index (χ3n) is 4.01. The van der Waals surface area contributed by atoms with Gasteiger partial charge < -0.3 is 5.32 Å². The molecular formula is C17H14ClN3. The lowest BCUT2D eigenvalue weighted by atomic mass is 10.1. The molecule has 1 atom stereocenters. The van der Waals surface area contributed by atoms with Gasteiger partial charge in [-0.1, -0.05) is 17.7 Å². The summed E-state index contributed by atoms with van der Waals surface area (Å²) in [6, 6.07) is 12.3. The van der Waals surface area contributed by atoms with Gasteiger partial charge in [0.15, 0.2) is 0 Å². The lowest BCUT2D eigenvalue weighted by molar-refractivity contribution is 0.747. The summed E-state index contributed by atoms with van der Waals surface area (Å²) in [4.78, 5) is 8.90. The lowest BCUT2D eigenvalue weighted by Crippen LogP contribution is -2.09. The molecule has 104 valence electrons. The minimum Gasteiger partial charge on any atom is -0.376 e. The Morgan fingerprint density at radius 2 is 1.90 bits per heavy atom. The molecule has 1 N–H and O–H groups in total. The molecule has 0 amide bonds. The van der Waals surface area contributed by atoms with E-state index in [2.05, 4.69) is 21.4 Å². The first-order valence-electron chi connectivity index (χ1n) is 7.06. The summed E-state index contributed by atoms with van der Waals surface area (Å²) >= 11 is 6.22. The Hall–Kier alpha value is -2.13. The Kier molecular flexibility index (Phi) is 3.00. The summed E-state index contributed by atoms with van der Waals surface area (Å²) in [6.07, 6.45) is 5.77. The maximum Gasteiger partial charge on any atom is 0.0908 e. The number of aryl methyl sites for hydroxylation is 1. The van der Waals surface area contributed by atoms with Gasteiger partial charge in [-0.2, -0.15) is 0 Å². The smallest absolute Gasteiger partial charge is 0.0908 e. The highest BCUT2D eigenvalue weighted by atomic mass is 35.5. The molecule has 2 aromatic heterocycles. The van der Waals surface area contributed by atoms with Gasteiger partial charge >= 0.3 is 0 Å². The van der Waals surface area contributed by atoms with Crippen LogP contribution < -0.4 is 5.32 Å². The number of aromatic nitrogens is 2. The standard InChI is InChI=1S/C17H14ClN3/c18-13-6-8-14(12-4-2-10-20-17(12)13)21-15-7-5-11-3-1-9-19-16(11)15/h1-4,6,8-10,15,21H,5,7H2. The summed E-state index contributed by atoms with van der Waals surface area (Å²) in [5, 5.41) is 5.34. The molecule has 0 saturated heterocycles. The van der Waals surface area contributed by atoms with Crippen LogP contribution in [0.4, 0.5) is 5.69 Å². The molecule has 4 rings (SSSR count). The second-order valence-corrected chi connectivity index (χ2v) is 5.69. The number of rotatable bonds is 2. The van der Waals surface area contributed by atoms with Gasteiger partial charge in [0.25, 0.3) is 0 Å². The van der Waals surface area contributed by atoms with Gasteiger partial charge in [-0.15, -0.1) is 0 Å². The summed E-state index contributed by atoms with van der Waals surface area (Å²) in [6.45, 7) is 0. The van der Waals surface area contributed by atoms with Crippen LogP contribution in [0, 0.1) is 0 Å². The molecule has 1 aliphatic carbocycles. The number of benzene rings is 1. The third kappa shape index (κ3) is 2.14. The number of nitrogens with one attached hydrogen (secondary N) is 1.